The average Bonchev–Trinajstić information content (AvgIpc) is 2.95. The van der Waals surface area contributed by atoms with Crippen LogP contribution in [0.2, 0.25) is 0 Å². The lowest BCUT2D eigenvalue weighted by Gasteiger charge is -2.21. The number of aromatic amines is 1. The van der Waals surface area contributed by atoms with Crippen molar-refractivity contribution in [3.8, 4) is 0 Å². The van der Waals surface area contributed by atoms with Crippen LogP contribution >= 0.6 is 0 Å². The zero-order valence-electron chi connectivity index (χ0n) is 13.0. The molecule has 0 fully saturated rings. The number of sulfonamides is 1. The highest BCUT2D eigenvalue weighted by Crippen LogP contribution is 2.22. The molecule has 1 aromatic rings. The van der Waals surface area contributed by atoms with Crippen LogP contribution < -0.4 is 5.32 Å². The van der Waals surface area contributed by atoms with Gasteiger partial charge in [0, 0.05) is 32.0 Å². The number of amides is 1. The highest BCUT2D eigenvalue weighted by Gasteiger charge is 2.27. The third-order valence-corrected chi connectivity index (χ3v) is 6.02. The predicted octanol–water partition coefficient (Wildman–Crippen LogP) is -0.303. The van der Waals surface area contributed by atoms with Gasteiger partial charge in [-0.1, -0.05) is 13.8 Å². The van der Waals surface area contributed by atoms with Crippen molar-refractivity contribution in [2.24, 2.45) is 5.92 Å². The normalized spacial score (nSPS) is 18.2. The Morgan fingerprint density at radius 2 is 2.00 bits per heavy atom. The molecule has 1 heterocycles. The van der Waals surface area contributed by atoms with E-state index < -0.39 is 10.0 Å². The van der Waals surface area contributed by atoms with Crippen molar-refractivity contribution in [2.45, 2.75) is 33.1 Å². The summed E-state index contributed by atoms with van der Waals surface area (Å²) in [7, 11) is -3.30. The lowest BCUT2D eigenvalue weighted by atomic mass is 9.89. The highest BCUT2D eigenvalue weighted by molar-refractivity contribution is 7.89. The number of aromatic nitrogens is 3. The second-order valence-electron chi connectivity index (χ2n) is 5.35. The lowest BCUT2D eigenvalue weighted by molar-refractivity contribution is -0.125. The summed E-state index contributed by atoms with van der Waals surface area (Å²) in [6.07, 6.45) is 2.00. The fraction of sp³-hybridized carbons (Fsp3) is 0.769. The van der Waals surface area contributed by atoms with Gasteiger partial charge in [0.1, 0.15) is 0 Å². The van der Waals surface area contributed by atoms with Crippen molar-refractivity contribution in [3.05, 3.63) is 11.4 Å². The summed E-state index contributed by atoms with van der Waals surface area (Å²) in [5, 5.41) is 13.4. The van der Waals surface area contributed by atoms with Crippen molar-refractivity contribution in [2.75, 3.05) is 25.4 Å². The van der Waals surface area contributed by atoms with E-state index in [1.165, 1.54) is 4.31 Å². The summed E-state index contributed by atoms with van der Waals surface area (Å²) in [6.45, 7) is 4.64. The number of nitrogens with one attached hydrogen (secondary N) is 2. The maximum absolute atomic E-state index is 12.1. The van der Waals surface area contributed by atoms with E-state index in [2.05, 4.69) is 20.7 Å². The number of rotatable bonds is 7. The standard InChI is InChI=1S/C13H23N5O3S/c1-3-18(4-2)22(20,21)8-7-14-13(19)10-5-6-11-12(9-10)16-17-15-11/h10H,3-9H2,1-2H3,(H,14,19)(H,15,16,17)/t10-/m1/s1. The van der Waals surface area contributed by atoms with Gasteiger partial charge in [0.2, 0.25) is 15.9 Å². The third kappa shape index (κ3) is 3.83. The van der Waals surface area contributed by atoms with Crippen molar-refractivity contribution >= 4 is 15.9 Å². The van der Waals surface area contributed by atoms with Crippen LogP contribution in [-0.2, 0) is 27.7 Å². The summed E-state index contributed by atoms with van der Waals surface area (Å²) < 4.78 is 25.5. The Labute approximate surface area is 130 Å². The molecule has 1 atom stereocenters. The molecule has 1 amide bonds. The molecule has 1 aliphatic rings. The predicted molar refractivity (Wildman–Crippen MR) is 81.6 cm³/mol. The minimum atomic E-state index is -3.30. The van der Waals surface area contributed by atoms with Crippen molar-refractivity contribution in [1.29, 1.82) is 0 Å². The van der Waals surface area contributed by atoms with E-state index in [1.54, 1.807) is 13.8 Å². The molecular formula is C13H23N5O3S. The minimum absolute atomic E-state index is 0.0671. The highest BCUT2D eigenvalue weighted by atomic mass is 32.2. The zero-order valence-corrected chi connectivity index (χ0v) is 13.8. The Morgan fingerprint density at radius 3 is 2.68 bits per heavy atom. The van der Waals surface area contributed by atoms with Crippen LogP contribution in [0.25, 0.3) is 0 Å². The molecule has 0 bridgehead atoms. The van der Waals surface area contributed by atoms with Crippen molar-refractivity contribution in [1.82, 2.24) is 25.0 Å². The summed E-state index contributed by atoms with van der Waals surface area (Å²) in [4.78, 5) is 12.1. The Hall–Kier alpha value is -1.48. The van der Waals surface area contributed by atoms with Crippen LogP contribution in [0.5, 0.6) is 0 Å². The number of nitrogens with zero attached hydrogens (tertiary/aromatic N) is 3. The lowest BCUT2D eigenvalue weighted by Crippen LogP contribution is -2.40. The van der Waals surface area contributed by atoms with Gasteiger partial charge in [0.25, 0.3) is 0 Å². The number of carbonyl (C=O) groups excluding carboxylic acids is 1. The molecule has 0 spiro atoms. The largest absolute Gasteiger partial charge is 0.355 e. The first-order chi connectivity index (χ1) is 10.5. The molecule has 2 N–H and O–H groups in total. The number of hydrogen-bond donors (Lipinski definition) is 2. The Morgan fingerprint density at radius 1 is 1.32 bits per heavy atom. The summed E-state index contributed by atoms with van der Waals surface area (Å²) in [6, 6.07) is 0. The molecule has 0 saturated heterocycles. The molecule has 0 saturated carbocycles. The monoisotopic (exact) mass is 329 g/mol. The fourth-order valence-electron chi connectivity index (χ4n) is 2.70. The topological polar surface area (TPSA) is 108 Å². The maximum Gasteiger partial charge on any atom is 0.223 e. The molecule has 0 aromatic carbocycles. The van der Waals surface area contributed by atoms with Crippen molar-refractivity contribution < 1.29 is 13.2 Å². The first kappa shape index (κ1) is 16.9. The molecule has 0 radical (unpaired) electrons. The molecule has 124 valence electrons. The smallest absolute Gasteiger partial charge is 0.223 e. The molecule has 8 nitrogen and oxygen atoms in total. The van der Waals surface area contributed by atoms with E-state index >= 15 is 0 Å². The number of hydrogen-bond acceptors (Lipinski definition) is 5. The Bertz CT molecular complexity index is 609. The second kappa shape index (κ2) is 7.19. The van der Waals surface area contributed by atoms with Crippen molar-refractivity contribution in [3.63, 3.8) is 0 Å². The molecule has 9 heteroatoms. The van der Waals surface area contributed by atoms with Gasteiger partial charge in [-0.2, -0.15) is 15.4 Å². The quantitative estimate of drug-likeness (QED) is 0.714. The van der Waals surface area contributed by atoms with Gasteiger partial charge in [-0.05, 0) is 12.8 Å². The van der Waals surface area contributed by atoms with E-state index in [0.29, 0.717) is 25.9 Å². The van der Waals surface area contributed by atoms with Gasteiger partial charge in [-0.15, -0.1) is 0 Å². The molecule has 1 aliphatic carbocycles. The van der Waals surface area contributed by atoms with Crippen LogP contribution in [0.4, 0.5) is 0 Å². The van der Waals surface area contributed by atoms with Gasteiger partial charge in [-0.3, -0.25) is 4.79 Å². The molecule has 1 aromatic heterocycles. The Kier molecular flexibility index (Phi) is 5.52. The van der Waals surface area contributed by atoms with Gasteiger partial charge in [0.15, 0.2) is 0 Å². The van der Waals surface area contributed by atoms with Gasteiger partial charge < -0.3 is 5.32 Å². The SMILES string of the molecule is CCN(CC)S(=O)(=O)CCNC(=O)[C@@H]1CCc2n[nH]nc2C1. The number of carbonyl (C=O) groups is 1. The molecule has 0 unspecified atom stereocenters. The van der Waals surface area contributed by atoms with Crippen LogP contribution in [0.3, 0.4) is 0 Å². The fourth-order valence-corrected chi connectivity index (χ4v) is 4.11. The van der Waals surface area contributed by atoms with Crippen LogP contribution in [-0.4, -0.2) is 59.4 Å². The van der Waals surface area contributed by atoms with Gasteiger partial charge in [-0.25, -0.2) is 12.7 Å². The molecular weight excluding hydrogens is 306 g/mol. The first-order valence-corrected chi connectivity index (χ1v) is 9.22. The first-order valence-electron chi connectivity index (χ1n) is 7.62. The van der Waals surface area contributed by atoms with E-state index in [9.17, 15) is 13.2 Å². The Balaban J connectivity index is 1.82. The van der Waals surface area contributed by atoms with E-state index in [1.807, 2.05) is 0 Å². The molecule has 22 heavy (non-hydrogen) atoms. The molecule has 2 rings (SSSR count). The second-order valence-corrected chi connectivity index (χ2v) is 7.44. The third-order valence-electron chi connectivity index (χ3n) is 4.00. The average molecular weight is 329 g/mol. The maximum atomic E-state index is 12.1. The molecule has 0 aliphatic heterocycles. The van der Waals surface area contributed by atoms with E-state index in [4.69, 9.17) is 0 Å². The van der Waals surface area contributed by atoms with Crippen LogP contribution in [0, 0.1) is 5.92 Å². The van der Waals surface area contributed by atoms with Crippen LogP contribution in [0.1, 0.15) is 31.7 Å². The minimum Gasteiger partial charge on any atom is -0.355 e. The van der Waals surface area contributed by atoms with E-state index in [-0.39, 0.29) is 24.1 Å². The number of aryl methyl sites for hydroxylation is 1. The summed E-state index contributed by atoms with van der Waals surface area (Å²) in [5.41, 5.74) is 1.76. The summed E-state index contributed by atoms with van der Waals surface area (Å²) in [5.74, 6) is -0.334. The zero-order chi connectivity index (χ0) is 16.2. The van der Waals surface area contributed by atoms with Gasteiger partial charge >= 0.3 is 0 Å². The van der Waals surface area contributed by atoms with E-state index in [0.717, 1.165) is 17.8 Å². The number of H-pyrrole nitrogens is 1. The summed E-state index contributed by atoms with van der Waals surface area (Å²) >= 11 is 0. The number of fused-ring (bicyclic) bond motifs is 1. The van der Waals surface area contributed by atoms with Crippen LogP contribution in [0.15, 0.2) is 0 Å². The van der Waals surface area contributed by atoms with Gasteiger partial charge in [0.05, 0.1) is 17.1 Å².